The van der Waals surface area contributed by atoms with E-state index in [2.05, 4.69) is 17.4 Å². The van der Waals surface area contributed by atoms with Crippen molar-refractivity contribution < 1.29 is 24.1 Å². The highest BCUT2D eigenvalue weighted by Gasteiger charge is 2.24. The molecule has 0 unspecified atom stereocenters. The van der Waals surface area contributed by atoms with E-state index in [9.17, 15) is 4.79 Å². The molecule has 1 aliphatic heterocycles. The Morgan fingerprint density at radius 2 is 1.63 bits per heavy atom. The SMILES string of the molecule is COc1ccc(OCC[NH+]2CC[NH+](CC(=O)Nc3ccc4c(c3)CCC4)CC2)cc1. The first-order chi connectivity index (χ1) is 14.7. The van der Waals surface area contributed by atoms with Gasteiger partial charge in [0.25, 0.3) is 5.91 Å². The number of ether oxygens (including phenoxy) is 2. The van der Waals surface area contributed by atoms with Crippen LogP contribution in [0.25, 0.3) is 0 Å². The second-order valence-electron chi connectivity index (χ2n) is 8.34. The molecule has 30 heavy (non-hydrogen) atoms. The lowest BCUT2D eigenvalue weighted by atomic mass is 10.1. The number of hydrogen-bond donors (Lipinski definition) is 3. The summed E-state index contributed by atoms with van der Waals surface area (Å²) in [6, 6.07) is 14.1. The van der Waals surface area contributed by atoms with Gasteiger partial charge in [-0.25, -0.2) is 0 Å². The number of quaternary nitrogens is 2. The van der Waals surface area contributed by atoms with Crippen LogP contribution in [0.5, 0.6) is 11.5 Å². The van der Waals surface area contributed by atoms with Crippen molar-refractivity contribution in [1.82, 2.24) is 0 Å². The summed E-state index contributed by atoms with van der Waals surface area (Å²) in [5.41, 5.74) is 3.78. The normalized spacial score (nSPS) is 20.4. The molecule has 1 aliphatic carbocycles. The number of amides is 1. The van der Waals surface area contributed by atoms with E-state index in [1.807, 2.05) is 30.3 Å². The molecule has 1 heterocycles. The van der Waals surface area contributed by atoms with Crippen LogP contribution in [0, 0.1) is 0 Å². The smallest absolute Gasteiger partial charge is 0.279 e. The fourth-order valence-electron chi connectivity index (χ4n) is 4.45. The molecule has 2 aromatic carbocycles. The topological polar surface area (TPSA) is 56.4 Å². The number of piperazine rings is 1. The van der Waals surface area contributed by atoms with Crippen molar-refractivity contribution in [2.24, 2.45) is 0 Å². The molecule has 0 aromatic heterocycles. The number of fused-ring (bicyclic) bond motifs is 1. The minimum absolute atomic E-state index is 0.120. The fourth-order valence-corrected chi connectivity index (χ4v) is 4.45. The van der Waals surface area contributed by atoms with Gasteiger partial charge >= 0.3 is 0 Å². The predicted molar refractivity (Wildman–Crippen MR) is 117 cm³/mol. The van der Waals surface area contributed by atoms with E-state index in [1.165, 1.54) is 28.9 Å². The lowest BCUT2D eigenvalue weighted by Crippen LogP contribution is -3.28. The number of carbonyl (C=O) groups excluding carboxylic acids is 1. The predicted octanol–water partition coefficient (Wildman–Crippen LogP) is -0.0152. The van der Waals surface area contributed by atoms with Gasteiger partial charge in [-0.2, -0.15) is 0 Å². The van der Waals surface area contributed by atoms with Crippen molar-refractivity contribution in [3.05, 3.63) is 53.6 Å². The summed E-state index contributed by atoms with van der Waals surface area (Å²) in [6.07, 6.45) is 3.54. The molecular weight excluding hydrogens is 378 g/mol. The second-order valence-corrected chi connectivity index (χ2v) is 8.34. The van der Waals surface area contributed by atoms with Crippen molar-refractivity contribution in [1.29, 1.82) is 0 Å². The maximum absolute atomic E-state index is 12.5. The number of hydrogen-bond acceptors (Lipinski definition) is 3. The molecule has 0 radical (unpaired) electrons. The third-order valence-corrected chi connectivity index (χ3v) is 6.24. The molecule has 2 aromatic rings. The molecule has 1 fully saturated rings. The molecule has 6 heteroatoms. The summed E-state index contributed by atoms with van der Waals surface area (Å²) in [5, 5.41) is 3.10. The Balaban J connectivity index is 1.14. The van der Waals surface area contributed by atoms with Crippen molar-refractivity contribution >= 4 is 11.6 Å². The lowest BCUT2D eigenvalue weighted by Gasteiger charge is -2.29. The van der Waals surface area contributed by atoms with Crippen LogP contribution in [0.2, 0.25) is 0 Å². The zero-order chi connectivity index (χ0) is 20.8. The monoisotopic (exact) mass is 411 g/mol. The van der Waals surface area contributed by atoms with Crippen molar-refractivity contribution in [2.45, 2.75) is 19.3 Å². The van der Waals surface area contributed by atoms with E-state index in [0.717, 1.165) is 56.3 Å². The molecule has 0 spiro atoms. The van der Waals surface area contributed by atoms with Gasteiger partial charge in [-0.3, -0.25) is 4.79 Å². The Morgan fingerprint density at radius 3 is 2.40 bits per heavy atom. The molecule has 1 amide bonds. The highest BCUT2D eigenvalue weighted by Crippen LogP contribution is 2.24. The number of carbonyl (C=O) groups is 1. The summed E-state index contributed by atoms with van der Waals surface area (Å²) >= 11 is 0. The standard InChI is InChI=1S/C24H31N3O3/c1-29-22-7-9-23(10-8-22)30-16-15-26-11-13-27(14-12-26)18-24(28)25-21-6-5-19-3-2-4-20(19)17-21/h5-10,17H,2-4,11-16,18H2,1H3,(H,25,28)/p+2. The molecule has 3 N–H and O–H groups in total. The van der Waals surface area contributed by atoms with Gasteiger partial charge in [0.1, 0.15) is 50.8 Å². The third kappa shape index (κ3) is 5.52. The van der Waals surface area contributed by atoms with Crippen LogP contribution >= 0.6 is 0 Å². The second kappa shape index (κ2) is 9.96. The van der Waals surface area contributed by atoms with Gasteiger partial charge in [-0.15, -0.1) is 0 Å². The van der Waals surface area contributed by atoms with E-state index >= 15 is 0 Å². The minimum atomic E-state index is 0.120. The number of anilines is 1. The summed E-state index contributed by atoms with van der Waals surface area (Å²) in [5.74, 6) is 1.84. The third-order valence-electron chi connectivity index (χ3n) is 6.24. The van der Waals surface area contributed by atoms with Gasteiger partial charge in [0.05, 0.1) is 7.11 Å². The molecule has 2 aliphatic rings. The Bertz CT molecular complexity index is 845. The van der Waals surface area contributed by atoms with Crippen molar-refractivity contribution in [2.75, 3.05) is 58.3 Å². The maximum atomic E-state index is 12.5. The van der Waals surface area contributed by atoms with Crippen LogP contribution in [0.1, 0.15) is 17.5 Å². The van der Waals surface area contributed by atoms with E-state index in [4.69, 9.17) is 9.47 Å². The first kappa shape index (κ1) is 20.7. The average molecular weight is 412 g/mol. The fraction of sp³-hybridized carbons (Fsp3) is 0.458. The minimum Gasteiger partial charge on any atom is -0.497 e. The van der Waals surface area contributed by atoms with Gasteiger partial charge in [0.15, 0.2) is 6.54 Å². The molecular formula is C24H33N3O3+2. The van der Waals surface area contributed by atoms with Crippen LogP contribution in [0.4, 0.5) is 5.69 Å². The number of benzene rings is 2. The average Bonchev–Trinajstić information content (AvgIpc) is 3.23. The molecule has 6 nitrogen and oxygen atoms in total. The zero-order valence-electron chi connectivity index (χ0n) is 17.8. The lowest BCUT2D eigenvalue weighted by molar-refractivity contribution is -1.01. The maximum Gasteiger partial charge on any atom is 0.279 e. The first-order valence-electron chi connectivity index (χ1n) is 11.1. The van der Waals surface area contributed by atoms with Gasteiger partial charge in [-0.1, -0.05) is 6.07 Å². The molecule has 0 bridgehead atoms. The highest BCUT2D eigenvalue weighted by molar-refractivity contribution is 5.91. The van der Waals surface area contributed by atoms with E-state index in [1.54, 1.807) is 12.0 Å². The Hall–Kier alpha value is -2.57. The van der Waals surface area contributed by atoms with E-state index in [-0.39, 0.29) is 5.91 Å². The molecule has 160 valence electrons. The van der Waals surface area contributed by atoms with Gasteiger partial charge in [0, 0.05) is 5.69 Å². The molecule has 0 saturated carbocycles. The summed E-state index contributed by atoms with van der Waals surface area (Å²) in [4.78, 5) is 15.4. The number of methoxy groups -OCH3 is 1. The van der Waals surface area contributed by atoms with Crippen LogP contribution in [-0.4, -0.2) is 58.9 Å². The Morgan fingerprint density at radius 1 is 0.933 bits per heavy atom. The largest absolute Gasteiger partial charge is 0.497 e. The van der Waals surface area contributed by atoms with E-state index < -0.39 is 0 Å². The molecule has 4 rings (SSSR count). The van der Waals surface area contributed by atoms with Crippen LogP contribution < -0.4 is 24.6 Å². The molecule has 1 saturated heterocycles. The van der Waals surface area contributed by atoms with Gasteiger partial charge < -0.3 is 24.6 Å². The van der Waals surface area contributed by atoms with Crippen molar-refractivity contribution in [3.8, 4) is 11.5 Å². The van der Waals surface area contributed by atoms with Crippen LogP contribution in [0.15, 0.2) is 42.5 Å². The quantitative estimate of drug-likeness (QED) is 0.573. The zero-order valence-corrected chi connectivity index (χ0v) is 17.8. The highest BCUT2D eigenvalue weighted by atomic mass is 16.5. The Kier molecular flexibility index (Phi) is 6.87. The van der Waals surface area contributed by atoms with Crippen LogP contribution in [0.3, 0.4) is 0 Å². The first-order valence-corrected chi connectivity index (χ1v) is 11.1. The number of aryl methyl sites for hydroxylation is 2. The summed E-state index contributed by atoms with van der Waals surface area (Å²) in [7, 11) is 1.66. The summed E-state index contributed by atoms with van der Waals surface area (Å²) in [6.45, 7) is 6.44. The Labute approximate surface area is 178 Å². The van der Waals surface area contributed by atoms with Crippen LogP contribution in [-0.2, 0) is 17.6 Å². The molecule has 0 atom stereocenters. The van der Waals surface area contributed by atoms with E-state index in [0.29, 0.717) is 13.2 Å². The number of nitrogens with one attached hydrogen (secondary N) is 3. The van der Waals surface area contributed by atoms with Crippen molar-refractivity contribution in [3.63, 3.8) is 0 Å². The van der Waals surface area contributed by atoms with Gasteiger partial charge in [0.2, 0.25) is 0 Å². The van der Waals surface area contributed by atoms with Gasteiger partial charge in [-0.05, 0) is 66.8 Å². The summed E-state index contributed by atoms with van der Waals surface area (Å²) < 4.78 is 11.0. The number of rotatable bonds is 8.